The zero-order valence-corrected chi connectivity index (χ0v) is 18.5. The van der Waals surface area contributed by atoms with Crippen molar-refractivity contribution in [1.82, 2.24) is 10.2 Å². The van der Waals surface area contributed by atoms with Gasteiger partial charge in [-0.05, 0) is 48.9 Å². The van der Waals surface area contributed by atoms with Crippen LogP contribution in [-0.2, 0) is 0 Å². The maximum atomic E-state index is 13.6. The highest BCUT2D eigenvalue weighted by Gasteiger charge is 2.43. The molecule has 7 heteroatoms. The second kappa shape index (κ2) is 8.02. The van der Waals surface area contributed by atoms with Crippen molar-refractivity contribution in [2.24, 2.45) is 0 Å². The normalized spacial score (nSPS) is 14.9. The molecule has 1 aliphatic heterocycles. The monoisotopic (exact) mass is 441 g/mol. The van der Waals surface area contributed by atoms with Crippen molar-refractivity contribution >= 4 is 11.6 Å². The van der Waals surface area contributed by atoms with Gasteiger partial charge in [-0.15, -0.1) is 0 Å². The number of ether oxygens (including phenoxy) is 2. The minimum Gasteiger partial charge on any atom is -0.504 e. The predicted octanol–water partition coefficient (Wildman–Crippen LogP) is 4.86. The molecule has 0 aliphatic carbocycles. The number of amides is 1. The molecule has 166 valence electrons. The highest BCUT2D eigenvalue weighted by molar-refractivity contribution is 6.11. The van der Waals surface area contributed by atoms with Crippen LogP contribution >= 0.6 is 0 Å². The molecule has 4 aromatic rings. The summed E-state index contributed by atoms with van der Waals surface area (Å²) in [6.07, 6.45) is 0. The lowest BCUT2D eigenvalue weighted by Crippen LogP contribution is -2.29. The average molecular weight is 441 g/mol. The van der Waals surface area contributed by atoms with E-state index in [2.05, 4.69) is 10.2 Å². The first-order chi connectivity index (χ1) is 16.0. The number of benzene rings is 3. The molecule has 2 heterocycles. The van der Waals surface area contributed by atoms with E-state index in [9.17, 15) is 9.90 Å². The van der Waals surface area contributed by atoms with Crippen LogP contribution in [0.15, 0.2) is 66.7 Å². The molecule has 0 saturated carbocycles. The Kier molecular flexibility index (Phi) is 5.01. The molecular formula is C26H23N3O4. The first kappa shape index (κ1) is 20.6. The minimum absolute atomic E-state index is 0.0351. The third kappa shape index (κ3) is 3.38. The summed E-state index contributed by atoms with van der Waals surface area (Å²) in [6.45, 7) is 2.01. The molecule has 1 amide bonds. The van der Waals surface area contributed by atoms with Gasteiger partial charge in [0.1, 0.15) is 11.4 Å². The Labute approximate surface area is 191 Å². The van der Waals surface area contributed by atoms with Crippen molar-refractivity contribution < 1.29 is 19.4 Å². The average Bonchev–Trinajstić information content (AvgIpc) is 3.39. The maximum Gasteiger partial charge on any atom is 0.277 e. The second-order valence-corrected chi connectivity index (χ2v) is 7.94. The summed E-state index contributed by atoms with van der Waals surface area (Å²) in [5.41, 5.74) is 5.37. The molecule has 33 heavy (non-hydrogen) atoms. The van der Waals surface area contributed by atoms with Gasteiger partial charge in [-0.25, -0.2) is 0 Å². The fraction of sp³-hybridized carbons (Fsp3) is 0.154. The molecule has 2 N–H and O–H groups in total. The van der Waals surface area contributed by atoms with E-state index < -0.39 is 6.04 Å². The van der Waals surface area contributed by atoms with Crippen molar-refractivity contribution in [2.75, 3.05) is 19.1 Å². The molecular weight excluding hydrogens is 418 g/mol. The zero-order valence-electron chi connectivity index (χ0n) is 18.5. The Morgan fingerprint density at radius 1 is 1.00 bits per heavy atom. The van der Waals surface area contributed by atoms with Gasteiger partial charge in [0.2, 0.25) is 0 Å². The van der Waals surface area contributed by atoms with Crippen LogP contribution in [0.4, 0.5) is 5.69 Å². The fourth-order valence-electron chi connectivity index (χ4n) is 4.29. The lowest BCUT2D eigenvalue weighted by atomic mass is 9.95. The minimum atomic E-state index is -0.468. The van der Waals surface area contributed by atoms with Crippen molar-refractivity contribution in [3.8, 4) is 28.5 Å². The Hall–Kier alpha value is -4.26. The van der Waals surface area contributed by atoms with Crippen LogP contribution in [0.3, 0.4) is 0 Å². The second-order valence-electron chi connectivity index (χ2n) is 7.94. The number of carbonyl (C=O) groups is 1. The van der Waals surface area contributed by atoms with E-state index in [4.69, 9.17) is 9.47 Å². The number of phenols is 1. The number of methoxy groups -OCH3 is 2. The molecule has 0 saturated heterocycles. The number of hydrogen-bond acceptors (Lipinski definition) is 5. The number of aromatic amines is 1. The number of anilines is 1. The zero-order chi connectivity index (χ0) is 23.1. The SMILES string of the molecule is COc1cccc(-c2n[nH]c3c2[C@H](c2ccc(O)c(OC)c2)N(c2ccc(C)cc2)C3=O)c1. The largest absolute Gasteiger partial charge is 0.504 e. The third-order valence-corrected chi connectivity index (χ3v) is 5.94. The number of aromatic nitrogens is 2. The van der Waals surface area contributed by atoms with Gasteiger partial charge >= 0.3 is 0 Å². The van der Waals surface area contributed by atoms with Crippen molar-refractivity contribution in [1.29, 1.82) is 0 Å². The first-order valence-corrected chi connectivity index (χ1v) is 10.5. The number of nitrogens with one attached hydrogen (secondary N) is 1. The smallest absolute Gasteiger partial charge is 0.277 e. The van der Waals surface area contributed by atoms with Gasteiger partial charge in [0.25, 0.3) is 5.91 Å². The van der Waals surface area contributed by atoms with E-state index >= 15 is 0 Å². The van der Waals surface area contributed by atoms with Crippen LogP contribution in [0.5, 0.6) is 17.2 Å². The highest BCUT2D eigenvalue weighted by Crippen LogP contribution is 2.46. The number of phenolic OH excluding ortho intramolecular Hbond substituents is 1. The van der Waals surface area contributed by atoms with Gasteiger partial charge in [0.15, 0.2) is 11.5 Å². The molecule has 0 unspecified atom stereocenters. The van der Waals surface area contributed by atoms with Gasteiger partial charge in [-0.2, -0.15) is 5.10 Å². The number of hydrogen-bond donors (Lipinski definition) is 2. The highest BCUT2D eigenvalue weighted by atomic mass is 16.5. The van der Waals surface area contributed by atoms with Gasteiger partial charge < -0.3 is 14.6 Å². The van der Waals surface area contributed by atoms with Crippen LogP contribution in [0, 0.1) is 6.92 Å². The summed E-state index contributed by atoms with van der Waals surface area (Å²) >= 11 is 0. The number of nitrogens with zero attached hydrogens (tertiary/aromatic N) is 2. The van der Waals surface area contributed by atoms with Gasteiger partial charge in [-0.1, -0.05) is 35.9 Å². The molecule has 0 bridgehead atoms. The number of rotatable bonds is 5. The lowest BCUT2D eigenvalue weighted by Gasteiger charge is -2.27. The number of fused-ring (bicyclic) bond motifs is 1. The van der Waals surface area contributed by atoms with E-state index in [1.54, 1.807) is 30.2 Å². The van der Waals surface area contributed by atoms with Crippen LogP contribution in [0.2, 0.25) is 0 Å². The van der Waals surface area contributed by atoms with E-state index in [1.165, 1.54) is 7.11 Å². The summed E-state index contributed by atoms with van der Waals surface area (Å²) in [4.78, 5) is 15.4. The summed E-state index contributed by atoms with van der Waals surface area (Å²) < 4.78 is 10.7. The van der Waals surface area contributed by atoms with Crippen LogP contribution in [-0.4, -0.2) is 35.4 Å². The number of carbonyl (C=O) groups excluding carboxylic acids is 1. The van der Waals surface area contributed by atoms with E-state index in [1.807, 2.05) is 55.5 Å². The summed E-state index contributed by atoms with van der Waals surface area (Å²) in [7, 11) is 3.11. The molecule has 0 radical (unpaired) electrons. The Bertz CT molecular complexity index is 1340. The predicted molar refractivity (Wildman–Crippen MR) is 125 cm³/mol. The first-order valence-electron chi connectivity index (χ1n) is 10.5. The number of H-pyrrole nitrogens is 1. The van der Waals surface area contributed by atoms with E-state index in [0.717, 1.165) is 27.9 Å². The van der Waals surface area contributed by atoms with Crippen LogP contribution in [0.1, 0.15) is 33.2 Å². The van der Waals surface area contributed by atoms with E-state index in [-0.39, 0.29) is 11.7 Å². The van der Waals surface area contributed by atoms with Crippen molar-refractivity contribution in [3.05, 3.63) is 89.1 Å². The standard InChI is InChI=1S/C26H23N3O4/c1-15-7-10-18(11-8-15)29-25(17-9-12-20(30)21(14-17)33-3)22-23(27-28-24(22)26(29)31)16-5-4-6-19(13-16)32-2/h4-14,25,30H,1-3H3,(H,27,28)/t25-/m0/s1. The topological polar surface area (TPSA) is 87.7 Å². The quantitative estimate of drug-likeness (QED) is 0.462. The Balaban J connectivity index is 1.73. The third-order valence-electron chi connectivity index (χ3n) is 5.94. The summed E-state index contributed by atoms with van der Waals surface area (Å²) in [5.74, 6) is 0.899. The van der Waals surface area contributed by atoms with Crippen LogP contribution < -0.4 is 14.4 Å². The molecule has 5 rings (SSSR count). The molecule has 1 aromatic heterocycles. The summed E-state index contributed by atoms with van der Waals surface area (Å²) in [5, 5.41) is 17.6. The number of aryl methyl sites for hydroxylation is 1. The molecule has 1 aliphatic rings. The molecule has 7 nitrogen and oxygen atoms in total. The van der Waals surface area contributed by atoms with Gasteiger partial charge in [0.05, 0.1) is 26.0 Å². The Morgan fingerprint density at radius 3 is 2.52 bits per heavy atom. The van der Waals surface area contributed by atoms with Gasteiger partial charge in [-0.3, -0.25) is 14.8 Å². The maximum absolute atomic E-state index is 13.6. The van der Waals surface area contributed by atoms with E-state index in [0.29, 0.717) is 22.9 Å². The summed E-state index contributed by atoms with van der Waals surface area (Å²) in [6, 6.07) is 20.1. The number of aromatic hydroxyl groups is 1. The molecule has 0 spiro atoms. The Morgan fingerprint density at radius 2 is 1.79 bits per heavy atom. The van der Waals surface area contributed by atoms with Crippen molar-refractivity contribution in [3.63, 3.8) is 0 Å². The fourth-order valence-corrected chi connectivity index (χ4v) is 4.29. The molecule has 1 atom stereocenters. The van der Waals surface area contributed by atoms with Crippen LogP contribution in [0.25, 0.3) is 11.3 Å². The molecule has 3 aromatic carbocycles. The lowest BCUT2D eigenvalue weighted by molar-refractivity contribution is 0.0988. The van der Waals surface area contributed by atoms with Crippen molar-refractivity contribution in [2.45, 2.75) is 13.0 Å². The molecule has 0 fully saturated rings. The van der Waals surface area contributed by atoms with Gasteiger partial charge in [0, 0.05) is 16.8 Å².